The molecule has 27 heavy (non-hydrogen) atoms. The van der Waals surface area contributed by atoms with Crippen LogP contribution in [0.15, 0.2) is 48.5 Å². The Balaban J connectivity index is 1.83. The maximum Gasteiger partial charge on any atom is 0.358 e. The lowest BCUT2D eigenvalue weighted by Crippen LogP contribution is -2.05. The molecule has 7 heteroatoms. The third-order valence-corrected chi connectivity index (χ3v) is 4.74. The first-order chi connectivity index (χ1) is 13.0. The number of benzene rings is 2. The van der Waals surface area contributed by atoms with Crippen LogP contribution in [0.4, 0.5) is 0 Å². The van der Waals surface area contributed by atoms with Crippen molar-refractivity contribution in [1.82, 2.24) is 9.78 Å². The maximum atomic E-state index is 12.0. The molecule has 4 rings (SSSR count). The number of aromatic nitrogens is 2. The highest BCUT2D eigenvalue weighted by Gasteiger charge is 2.24. The van der Waals surface area contributed by atoms with Crippen LogP contribution in [0.2, 0.25) is 10.0 Å². The molecule has 0 aliphatic heterocycles. The lowest BCUT2D eigenvalue weighted by Gasteiger charge is -2.11. The average molecular weight is 403 g/mol. The average Bonchev–Trinajstić information content (AvgIpc) is 3.36. The van der Waals surface area contributed by atoms with Gasteiger partial charge in [0.25, 0.3) is 0 Å². The van der Waals surface area contributed by atoms with E-state index in [-0.39, 0.29) is 5.69 Å². The minimum absolute atomic E-state index is 0.187. The fraction of sp³-hybridized carbons (Fsp3) is 0.200. The van der Waals surface area contributed by atoms with Crippen LogP contribution >= 0.6 is 23.2 Å². The third kappa shape index (κ3) is 3.80. The second-order valence-electron chi connectivity index (χ2n) is 6.26. The highest BCUT2D eigenvalue weighted by atomic mass is 35.5. The predicted octanol–water partition coefficient (Wildman–Crippen LogP) is 5.17. The molecule has 1 aliphatic rings. The molecule has 1 saturated carbocycles. The molecule has 2 aromatic carbocycles. The van der Waals surface area contributed by atoms with Crippen LogP contribution in [0.25, 0.3) is 16.9 Å². The van der Waals surface area contributed by atoms with E-state index in [1.165, 1.54) is 7.11 Å². The molecule has 1 aromatic heterocycles. The van der Waals surface area contributed by atoms with Gasteiger partial charge in [-0.05, 0) is 49.2 Å². The second kappa shape index (κ2) is 7.25. The molecule has 1 heterocycles. The summed E-state index contributed by atoms with van der Waals surface area (Å²) in [6.07, 6.45) is 2.45. The van der Waals surface area contributed by atoms with Crippen molar-refractivity contribution in [3.8, 4) is 22.7 Å². The summed E-state index contributed by atoms with van der Waals surface area (Å²) in [5, 5.41) is 5.34. The number of carbonyl (C=O) groups is 1. The van der Waals surface area contributed by atoms with Crippen molar-refractivity contribution < 1.29 is 14.3 Å². The summed E-state index contributed by atoms with van der Waals surface area (Å²) in [5.41, 5.74) is 2.34. The van der Waals surface area contributed by atoms with Gasteiger partial charge in [-0.2, -0.15) is 5.10 Å². The summed E-state index contributed by atoms with van der Waals surface area (Å²) < 4.78 is 12.3. The number of hydrogen-bond acceptors (Lipinski definition) is 4. The second-order valence-corrected chi connectivity index (χ2v) is 7.10. The Morgan fingerprint density at radius 3 is 2.67 bits per heavy atom. The van der Waals surface area contributed by atoms with Gasteiger partial charge in [-0.25, -0.2) is 9.48 Å². The summed E-state index contributed by atoms with van der Waals surface area (Å²) in [6.45, 7) is 0. The van der Waals surface area contributed by atoms with Gasteiger partial charge in [0.1, 0.15) is 5.75 Å². The molecule has 1 fully saturated rings. The number of ether oxygens (including phenoxy) is 2. The minimum Gasteiger partial charge on any atom is -0.490 e. The monoisotopic (exact) mass is 402 g/mol. The quantitative estimate of drug-likeness (QED) is 0.552. The molecule has 0 saturated heterocycles. The Hall–Kier alpha value is -2.50. The zero-order valence-electron chi connectivity index (χ0n) is 14.5. The molecular formula is C20H16Cl2N2O3. The van der Waals surface area contributed by atoms with Crippen molar-refractivity contribution in [2.75, 3.05) is 7.11 Å². The molecular weight excluding hydrogens is 387 g/mol. The van der Waals surface area contributed by atoms with Crippen LogP contribution in [0.3, 0.4) is 0 Å². The molecule has 138 valence electrons. The number of esters is 1. The molecule has 0 unspecified atom stereocenters. The number of rotatable bonds is 5. The smallest absolute Gasteiger partial charge is 0.358 e. The summed E-state index contributed by atoms with van der Waals surface area (Å²) in [4.78, 5) is 12.0. The van der Waals surface area contributed by atoms with Crippen LogP contribution < -0.4 is 4.74 Å². The highest BCUT2D eigenvalue weighted by Crippen LogP contribution is 2.33. The molecule has 0 N–H and O–H groups in total. The van der Waals surface area contributed by atoms with Crippen molar-refractivity contribution in [2.24, 2.45) is 0 Å². The van der Waals surface area contributed by atoms with Crippen LogP contribution in [0.5, 0.6) is 5.75 Å². The minimum atomic E-state index is -0.523. The molecule has 0 radical (unpaired) electrons. The van der Waals surface area contributed by atoms with E-state index in [1.54, 1.807) is 28.9 Å². The summed E-state index contributed by atoms with van der Waals surface area (Å²) in [7, 11) is 1.32. The van der Waals surface area contributed by atoms with Crippen LogP contribution in [-0.2, 0) is 4.74 Å². The Morgan fingerprint density at radius 2 is 1.96 bits per heavy atom. The Bertz CT molecular complexity index is 1010. The molecule has 1 aliphatic carbocycles. The molecule has 5 nitrogen and oxygen atoms in total. The standard InChI is InChI=1S/C20H16Cl2N2O3/c1-26-20(25)17-11-19(12-3-2-4-15(9-12)27-14-6-7-14)24(23-17)18-8-5-13(21)10-16(18)22/h2-5,8-11,14H,6-7H2,1H3. The van der Waals surface area contributed by atoms with Crippen molar-refractivity contribution in [1.29, 1.82) is 0 Å². The first-order valence-corrected chi connectivity index (χ1v) is 9.21. The van der Waals surface area contributed by atoms with E-state index in [9.17, 15) is 4.79 Å². The zero-order chi connectivity index (χ0) is 19.0. The highest BCUT2D eigenvalue weighted by molar-refractivity contribution is 6.35. The molecule has 0 spiro atoms. The van der Waals surface area contributed by atoms with E-state index in [4.69, 9.17) is 32.7 Å². The van der Waals surface area contributed by atoms with Crippen molar-refractivity contribution in [3.63, 3.8) is 0 Å². The topological polar surface area (TPSA) is 53.4 Å². The van der Waals surface area contributed by atoms with Gasteiger partial charge in [-0.3, -0.25) is 0 Å². The number of nitrogens with zero attached hydrogens (tertiary/aromatic N) is 2. The number of carbonyl (C=O) groups excluding carboxylic acids is 1. The van der Waals surface area contributed by atoms with Crippen LogP contribution in [0.1, 0.15) is 23.3 Å². The SMILES string of the molecule is COC(=O)c1cc(-c2cccc(OC3CC3)c2)n(-c2ccc(Cl)cc2Cl)n1. The molecule has 0 amide bonds. The normalized spacial score (nSPS) is 13.4. The summed E-state index contributed by atoms with van der Waals surface area (Å²) in [5.74, 6) is 0.259. The fourth-order valence-corrected chi connectivity index (χ4v) is 3.22. The van der Waals surface area contributed by atoms with Gasteiger partial charge in [-0.15, -0.1) is 0 Å². The van der Waals surface area contributed by atoms with Crippen LogP contribution in [0, 0.1) is 0 Å². The van der Waals surface area contributed by atoms with Gasteiger partial charge >= 0.3 is 5.97 Å². The Labute approximate surface area is 166 Å². The Morgan fingerprint density at radius 1 is 1.15 bits per heavy atom. The van der Waals surface area contributed by atoms with Gasteiger partial charge in [0.15, 0.2) is 5.69 Å². The van der Waals surface area contributed by atoms with Gasteiger partial charge in [0.2, 0.25) is 0 Å². The maximum absolute atomic E-state index is 12.0. The van der Waals surface area contributed by atoms with Gasteiger partial charge in [0.05, 0.1) is 29.6 Å². The van der Waals surface area contributed by atoms with E-state index >= 15 is 0 Å². The number of halogens is 2. The number of methoxy groups -OCH3 is 1. The predicted molar refractivity (Wildman–Crippen MR) is 104 cm³/mol. The first kappa shape index (κ1) is 17.9. The first-order valence-electron chi connectivity index (χ1n) is 8.46. The van der Waals surface area contributed by atoms with Crippen LogP contribution in [-0.4, -0.2) is 29.0 Å². The van der Waals surface area contributed by atoms with Gasteiger partial charge < -0.3 is 9.47 Å². The lowest BCUT2D eigenvalue weighted by atomic mass is 10.1. The fourth-order valence-electron chi connectivity index (χ4n) is 2.73. The third-order valence-electron chi connectivity index (χ3n) is 4.20. The van der Waals surface area contributed by atoms with E-state index in [2.05, 4.69) is 5.10 Å². The van der Waals surface area contributed by atoms with Gasteiger partial charge in [-0.1, -0.05) is 35.3 Å². The zero-order valence-corrected chi connectivity index (χ0v) is 16.0. The van der Waals surface area contributed by atoms with E-state index in [0.717, 1.165) is 24.2 Å². The summed E-state index contributed by atoms with van der Waals surface area (Å²) in [6, 6.07) is 14.5. The molecule has 0 bridgehead atoms. The van der Waals surface area contributed by atoms with Gasteiger partial charge in [0, 0.05) is 10.6 Å². The largest absolute Gasteiger partial charge is 0.490 e. The molecule has 3 aromatic rings. The Kier molecular flexibility index (Phi) is 4.81. The van der Waals surface area contributed by atoms with E-state index < -0.39 is 5.97 Å². The summed E-state index contributed by atoms with van der Waals surface area (Å²) >= 11 is 12.4. The van der Waals surface area contributed by atoms with E-state index in [0.29, 0.717) is 27.5 Å². The van der Waals surface area contributed by atoms with Crippen molar-refractivity contribution in [2.45, 2.75) is 18.9 Å². The van der Waals surface area contributed by atoms with Crippen molar-refractivity contribution >= 4 is 29.2 Å². The van der Waals surface area contributed by atoms with Crippen molar-refractivity contribution in [3.05, 3.63) is 64.3 Å². The van der Waals surface area contributed by atoms with E-state index in [1.807, 2.05) is 24.3 Å². The molecule has 0 atom stereocenters. The lowest BCUT2D eigenvalue weighted by molar-refractivity contribution is 0.0593. The number of hydrogen-bond donors (Lipinski definition) is 0.